The van der Waals surface area contributed by atoms with Crippen molar-refractivity contribution < 1.29 is 8.42 Å². The Bertz CT molecular complexity index is 676. The Kier molecular flexibility index (Phi) is 6.23. The van der Waals surface area contributed by atoms with Gasteiger partial charge in [-0.15, -0.1) is 0 Å². The lowest BCUT2D eigenvalue weighted by Crippen LogP contribution is -2.50. The maximum atomic E-state index is 12.5. The molecule has 1 fully saturated rings. The summed E-state index contributed by atoms with van der Waals surface area (Å²) in [7, 11) is -3.33. The van der Waals surface area contributed by atoms with E-state index in [0.717, 1.165) is 5.82 Å². The third kappa shape index (κ3) is 6.17. The zero-order chi connectivity index (χ0) is 18.5. The van der Waals surface area contributed by atoms with E-state index in [1.807, 2.05) is 39.0 Å². The van der Waals surface area contributed by atoms with Crippen molar-refractivity contribution in [1.29, 1.82) is 0 Å². The SMILES string of the molecule is CC(C)(C)NC(N)=NCCS(=O)(=O)N1CCN(c2ccccn2)CC1. The van der Waals surface area contributed by atoms with Crippen LogP contribution in [0.1, 0.15) is 20.8 Å². The van der Waals surface area contributed by atoms with Crippen LogP contribution in [0.15, 0.2) is 29.4 Å². The number of pyridine rings is 1. The Hall–Kier alpha value is -1.87. The predicted molar refractivity (Wildman–Crippen MR) is 101 cm³/mol. The zero-order valence-electron chi connectivity index (χ0n) is 15.1. The van der Waals surface area contributed by atoms with Crippen LogP contribution >= 0.6 is 0 Å². The highest BCUT2D eigenvalue weighted by atomic mass is 32.2. The molecule has 0 bridgehead atoms. The van der Waals surface area contributed by atoms with E-state index in [-0.39, 0.29) is 23.8 Å². The molecule has 2 heterocycles. The van der Waals surface area contributed by atoms with E-state index < -0.39 is 10.0 Å². The van der Waals surface area contributed by atoms with Gasteiger partial charge in [0.15, 0.2) is 5.96 Å². The lowest BCUT2D eigenvalue weighted by molar-refractivity contribution is 0.384. The second-order valence-electron chi connectivity index (χ2n) is 7.03. The summed E-state index contributed by atoms with van der Waals surface area (Å²) in [6.45, 7) is 8.22. The average molecular weight is 369 g/mol. The van der Waals surface area contributed by atoms with Crippen LogP contribution in [-0.2, 0) is 10.0 Å². The zero-order valence-corrected chi connectivity index (χ0v) is 16.0. The van der Waals surface area contributed by atoms with E-state index in [0.29, 0.717) is 26.2 Å². The second-order valence-corrected chi connectivity index (χ2v) is 9.12. The van der Waals surface area contributed by atoms with Gasteiger partial charge < -0.3 is 16.0 Å². The highest BCUT2D eigenvalue weighted by Crippen LogP contribution is 2.14. The number of nitrogens with two attached hydrogens (primary N) is 1. The van der Waals surface area contributed by atoms with Crippen molar-refractivity contribution >= 4 is 21.8 Å². The van der Waals surface area contributed by atoms with E-state index in [9.17, 15) is 8.42 Å². The summed E-state index contributed by atoms with van der Waals surface area (Å²) in [5, 5.41) is 3.01. The van der Waals surface area contributed by atoms with Gasteiger partial charge in [-0.1, -0.05) is 6.07 Å². The van der Waals surface area contributed by atoms with Crippen molar-refractivity contribution in [1.82, 2.24) is 14.6 Å². The van der Waals surface area contributed by atoms with Crippen molar-refractivity contribution in [2.45, 2.75) is 26.3 Å². The maximum absolute atomic E-state index is 12.5. The van der Waals surface area contributed by atoms with E-state index in [4.69, 9.17) is 5.73 Å². The molecule has 1 aliphatic rings. The fraction of sp³-hybridized carbons (Fsp3) is 0.625. The number of hydrogen-bond donors (Lipinski definition) is 2. The second kappa shape index (κ2) is 8.01. The summed E-state index contributed by atoms with van der Waals surface area (Å²) < 4.78 is 26.4. The summed E-state index contributed by atoms with van der Waals surface area (Å²) in [6, 6.07) is 5.73. The van der Waals surface area contributed by atoms with Crippen LogP contribution < -0.4 is 16.0 Å². The minimum Gasteiger partial charge on any atom is -0.370 e. The van der Waals surface area contributed by atoms with Gasteiger partial charge in [-0.25, -0.2) is 13.4 Å². The summed E-state index contributed by atoms with van der Waals surface area (Å²) >= 11 is 0. The van der Waals surface area contributed by atoms with Crippen molar-refractivity contribution in [3.05, 3.63) is 24.4 Å². The van der Waals surface area contributed by atoms with Crippen LogP contribution in [0.2, 0.25) is 0 Å². The quantitative estimate of drug-likeness (QED) is 0.570. The summed E-state index contributed by atoms with van der Waals surface area (Å²) in [5.74, 6) is 1.11. The summed E-state index contributed by atoms with van der Waals surface area (Å²) in [5.41, 5.74) is 5.57. The van der Waals surface area contributed by atoms with Crippen molar-refractivity contribution in [2.24, 2.45) is 10.7 Å². The van der Waals surface area contributed by atoms with Crippen molar-refractivity contribution in [3.8, 4) is 0 Å². The lowest BCUT2D eigenvalue weighted by atomic mass is 10.1. The van der Waals surface area contributed by atoms with Gasteiger partial charge in [0.1, 0.15) is 5.82 Å². The molecule has 140 valence electrons. The lowest BCUT2D eigenvalue weighted by Gasteiger charge is -2.34. The molecule has 1 aliphatic heterocycles. The number of guanidine groups is 1. The van der Waals surface area contributed by atoms with Crippen molar-refractivity contribution in [2.75, 3.05) is 43.4 Å². The number of aromatic nitrogens is 1. The average Bonchev–Trinajstić information content (AvgIpc) is 2.54. The largest absolute Gasteiger partial charge is 0.370 e. The Morgan fingerprint density at radius 1 is 1.28 bits per heavy atom. The van der Waals surface area contributed by atoms with E-state index in [2.05, 4.69) is 20.2 Å². The number of piperazine rings is 1. The molecule has 0 amide bonds. The Morgan fingerprint density at radius 3 is 2.52 bits per heavy atom. The van der Waals surface area contributed by atoms with Gasteiger partial charge in [-0.3, -0.25) is 4.99 Å². The number of anilines is 1. The molecule has 0 radical (unpaired) electrons. The summed E-state index contributed by atoms with van der Waals surface area (Å²) in [6.07, 6.45) is 1.74. The number of aliphatic imine (C=N–C) groups is 1. The fourth-order valence-electron chi connectivity index (χ4n) is 2.57. The first-order valence-corrected chi connectivity index (χ1v) is 10.0. The number of rotatable bonds is 5. The van der Waals surface area contributed by atoms with Gasteiger partial charge >= 0.3 is 0 Å². The first kappa shape index (κ1) is 19.5. The Balaban J connectivity index is 1.84. The standard InChI is InChI=1S/C16H28N6O2S/c1-16(2,3)20-15(17)19-8-13-25(23,24)22-11-9-21(10-12-22)14-6-4-5-7-18-14/h4-7H,8-13H2,1-3H3,(H3,17,19,20). The first-order chi connectivity index (χ1) is 11.7. The third-order valence-electron chi connectivity index (χ3n) is 3.74. The van der Waals surface area contributed by atoms with E-state index in [1.165, 1.54) is 4.31 Å². The first-order valence-electron chi connectivity index (χ1n) is 8.39. The molecule has 1 saturated heterocycles. The van der Waals surface area contributed by atoms with E-state index in [1.54, 1.807) is 6.20 Å². The molecule has 0 saturated carbocycles. The minimum atomic E-state index is -3.33. The van der Waals surface area contributed by atoms with Crippen LogP contribution in [0.4, 0.5) is 5.82 Å². The number of nitrogens with zero attached hydrogens (tertiary/aromatic N) is 4. The molecule has 0 atom stereocenters. The van der Waals surface area contributed by atoms with Crippen LogP contribution in [-0.4, -0.2) is 67.7 Å². The monoisotopic (exact) mass is 368 g/mol. The van der Waals surface area contributed by atoms with Crippen LogP contribution in [0, 0.1) is 0 Å². The molecule has 0 spiro atoms. The van der Waals surface area contributed by atoms with Gasteiger partial charge in [-0.05, 0) is 32.9 Å². The number of nitrogens with one attached hydrogen (secondary N) is 1. The summed E-state index contributed by atoms with van der Waals surface area (Å²) in [4.78, 5) is 10.5. The number of hydrogen-bond acceptors (Lipinski definition) is 5. The van der Waals surface area contributed by atoms with Gasteiger partial charge in [-0.2, -0.15) is 4.31 Å². The van der Waals surface area contributed by atoms with Gasteiger partial charge in [0.2, 0.25) is 10.0 Å². The normalized spacial score (nSPS) is 17.6. The molecule has 0 aromatic carbocycles. The Labute approximate surface area is 150 Å². The fourth-order valence-corrected chi connectivity index (χ4v) is 3.87. The molecule has 9 heteroatoms. The molecular weight excluding hydrogens is 340 g/mol. The molecule has 1 aromatic rings. The number of sulfonamides is 1. The molecule has 25 heavy (non-hydrogen) atoms. The highest BCUT2D eigenvalue weighted by molar-refractivity contribution is 7.89. The molecule has 2 rings (SSSR count). The smallest absolute Gasteiger partial charge is 0.216 e. The van der Waals surface area contributed by atoms with Gasteiger partial charge in [0.05, 0.1) is 12.3 Å². The molecule has 1 aromatic heterocycles. The predicted octanol–water partition coefficient (Wildman–Crippen LogP) is 0.236. The van der Waals surface area contributed by atoms with Gasteiger partial charge in [0, 0.05) is 37.9 Å². The van der Waals surface area contributed by atoms with Crippen LogP contribution in [0.25, 0.3) is 0 Å². The van der Waals surface area contributed by atoms with E-state index >= 15 is 0 Å². The van der Waals surface area contributed by atoms with Gasteiger partial charge in [0.25, 0.3) is 0 Å². The maximum Gasteiger partial charge on any atom is 0.216 e. The molecule has 0 aliphatic carbocycles. The van der Waals surface area contributed by atoms with Crippen LogP contribution in [0.3, 0.4) is 0 Å². The topological polar surface area (TPSA) is 104 Å². The minimum absolute atomic E-state index is 0.0386. The molecule has 8 nitrogen and oxygen atoms in total. The highest BCUT2D eigenvalue weighted by Gasteiger charge is 2.27. The molecule has 0 unspecified atom stereocenters. The van der Waals surface area contributed by atoms with Crippen molar-refractivity contribution in [3.63, 3.8) is 0 Å². The molecular formula is C16H28N6O2S. The van der Waals surface area contributed by atoms with Crippen LogP contribution in [0.5, 0.6) is 0 Å². The third-order valence-corrected chi connectivity index (χ3v) is 5.59. The molecule has 3 N–H and O–H groups in total. The Morgan fingerprint density at radius 2 is 1.96 bits per heavy atom.